The Labute approximate surface area is 190 Å². The number of rotatable bonds is 18. The molecule has 1 N–H and O–H groups in total. The van der Waals surface area contributed by atoms with Crippen molar-refractivity contribution < 1.29 is 14.3 Å². The van der Waals surface area contributed by atoms with E-state index >= 15 is 0 Å². The molecule has 31 heavy (non-hydrogen) atoms. The summed E-state index contributed by atoms with van der Waals surface area (Å²) in [6, 6.07) is 6.82. The first kappa shape index (κ1) is 27.2. The maximum Gasteiger partial charge on any atom is 0.328 e. The normalized spacial score (nSPS) is 11.8. The monoisotopic (exact) mass is 431 g/mol. The van der Waals surface area contributed by atoms with Crippen molar-refractivity contribution >= 4 is 11.9 Å². The lowest BCUT2D eigenvalue weighted by atomic mass is 10.0. The number of carbonyl (C=O) groups is 2. The second-order valence-corrected chi connectivity index (χ2v) is 8.66. The molecule has 0 bridgehead atoms. The lowest BCUT2D eigenvalue weighted by Crippen LogP contribution is -2.39. The molecule has 1 aromatic carbocycles. The second-order valence-electron chi connectivity index (χ2n) is 8.66. The molecule has 1 aromatic rings. The van der Waals surface area contributed by atoms with Gasteiger partial charge >= 0.3 is 5.97 Å². The first-order valence-electron chi connectivity index (χ1n) is 12.6. The lowest BCUT2D eigenvalue weighted by molar-refractivity contribution is -0.145. The highest BCUT2D eigenvalue weighted by Crippen LogP contribution is 2.12. The van der Waals surface area contributed by atoms with E-state index in [1.807, 2.05) is 12.1 Å². The molecule has 1 amide bonds. The molecule has 0 aliphatic rings. The molecule has 0 aliphatic heterocycles. The Morgan fingerprint density at radius 1 is 0.774 bits per heavy atom. The maximum absolute atomic E-state index is 12.2. The van der Waals surface area contributed by atoms with Crippen molar-refractivity contribution in [3.63, 3.8) is 0 Å². The average molecular weight is 432 g/mol. The number of hydrogen-bond acceptors (Lipinski definition) is 3. The van der Waals surface area contributed by atoms with Crippen LogP contribution in [0.2, 0.25) is 0 Å². The number of hydrogen-bond donors (Lipinski definition) is 1. The van der Waals surface area contributed by atoms with Crippen LogP contribution < -0.4 is 5.32 Å². The van der Waals surface area contributed by atoms with Gasteiger partial charge in [-0.25, -0.2) is 4.79 Å². The summed E-state index contributed by atoms with van der Waals surface area (Å²) in [7, 11) is 0. The summed E-state index contributed by atoms with van der Waals surface area (Å²) >= 11 is 0. The summed E-state index contributed by atoms with van der Waals surface area (Å²) in [4.78, 5) is 24.3. The van der Waals surface area contributed by atoms with Crippen LogP contribution in [-0.4, -0.2) is 24.5 Å². The number of esters is 1. The van der Waals surface area contributed by atoms with E-state index in [0.717, 1.165) is 19.3 Å². The fourth-order valence-electron chi connectivity index (χ4n) is 3.65. The van der Waals surface area contributed by atoms with E-state index in [-0.39, 0.29) is 11.9 Å². The van der Waals surface area contributed by atoms with E-state index in [1.165, 1.54) is 76.2 Å². The molecule has 0 saturated heterocycles. The van der Waals surface area contributed by atoms with Crippen LogP contribution >= 0.6 is 0 Å². The lowest BCUT2D eigenvalue weighted by Gasteiger charge is -2.13. The first-order chi connectivity index (χ1) is 15.1. The number of carbonyl (C=O) groups excluding carboxylic acids is 2. The van der Waals surface area contributed by atoms with Gasteiger partial charge in [0.1, 0.15) is 6.04 Å². The van der Waals surface area contributed by atoms with Crippen LogP contribution in [-0.2, 0) is 16.0 Å². The molecule has 0 aliphatic carbocycles. The van der Waals surface area contributed by atoms with Crippen molar-refractivity contribution in [3.05, 3.63) is 35.4 Å². The molecule has 0 radical (unpaired) electrons. The quantitative estimate of drug-likeness (QED) is 0.201. The molecular weight excluding hydrogens is 386 g/mol. The molecule has 0 unspecified atom stereocenters. The highest BCUT2D eigenvalue weighted by molar-refractivity contribution is 5.96. The summed E-state index contributed by atoms with van der Waals surface area (Å²) < 4.78 is 5.32. The van der Waals surface area contributed by atoms with E-state index in [2.05, 4.69) is 19.2 Å². The fraction of sp³-hybridized carbons (Fsp3) is 0.704. The topological polar surface area (TPSA) is 55.4 Å². The van der Waals surface area contributed by atoms with Gasteiger partial charge < -0.3 is 10.1 Å². The molecule has 1 atom stereocenters. The molecule has 0 fully saturated rings. The largest absolute Gasteiger partial charge is 0.464 e. The predicted molar refractivity (Wildman–Crippen MR) is 129 cm³/mol. The molecule has 4 heteroatoms. The Hall–Kier alpha value is -1.84. The number of aryl methyl sites for hydroxylation is 1. The van der Waals surface area contributed by atoms with Gasteiger partial charge in [-0.15, -0.1) is 0 Å². The van der Waals surface area contributed by atoms with Gasteiger partial charge in [0.15, 0.2) is 0 Å². The molecule has 0 heterocycles. The van der Waals surface area contributed by atoms with Crippen molar-refractivity contribution in [2.45, 2.75) is 117 Å². The molecule has 0 saturated carbocycles. The second kappa shape index (κ2) is 17.8. The van der Waals surface area contributed by atoms with Gasteiger partial charge in [0.2, 0.25) is 0 Å². The molecular formula is C27H45NO3. The van der Waals surface area contributed by atoms with Crippen LogP contribution in [0.4, 0.5) is 0 Å². The predicted octanol–water partition coefficient (Wildman–Crippen LogP) is 7.00. The minimum absolute atomic E-state index is 0.243. The summed E-state index contributed by atoms with van der Waals surface area (Å²) in [6.07, 6.45) is 17.7. The molecule has 0 aromatic heterocycles. The third-order valence-corrected chi connectivity index (χ3v) is 5.82. The Morgan fingerprint density at radius 2 is 1.26 bits per heavy atom. The highest BCUT2D eigenvalue weighted by atomic mass is 16.5. The SMILES string of the molecule is CCCCCCCCCCCCCCCOC(=O)[C@H](C)NC(=O)c1ccc(CC)cc1. The van der Waals surface area contributed by atoms with E-state index < -0.39 is 6.04 Å². The van der Waals surface area contributed by atoms with Crippen LogP contribution in [0.1, 0.15) is 120 Å². The summed E-state index contributed by atoms with van der Waals surface area (Å²) in [5.74, 6) is -0.606. The Kier molecular flexibility index (Phi) is 15.6. The number of unbranched alkanes of at least 4 members (excludes halogenated alkanes) is 12. The van der Waals surface area contributed by atoms with Gasteiger partial charge in [0.25, 0.3) is 5.91 Å². The fourth-order valence-corrected chi connectivity index (χ4v) is 3.65. The van der Waals surface area contributed by atoms with Crippen LogP contribution in [0.3, 0.4) is 0 Å². The minimum atomic E-state index is -0.639. The smallest absolute Gasteiger partial charge is 0.328 e. The Bertz CT molecular complexity index is 597. The van der Waals surface area contributed by atoms with Gasteiger partial charge in [-0.05, 0) is 37.5 Å². The summed E-state index contributed by atoms with van der Waals surface area (Å²) in [5.41, 5.74) is 1.75. The van der Waals surface area contributed by atoms with Gasteiger partial charge in [-0.3, -0.25) is 4.79 Å². The van der Waals surface area contributed by atoms with Gasteiger partial charge in [-0.2, -0.15) is 0 Å². The zero-order valence-electron chi connectivity index (χ0n) is 20.2. The van der Waals surface area contributed by atoms with Crippen LogP contribution in [0.25, 0.3) is 0 Å². The third-order valence-electron chi connectivity index (χ3n) is 5.82. The van der Waals surface area contributed by atoms with E-state index in [4.69, 9.17) is 4.74 Å². The number of benzene rings is 1. The molecule has 176 valence electrons. The third kappa shape index (κ3) is 13.2. The first-order valence-corrected chi connectivity index (χ1v) is 12.6. The number of nitrogens with one attached hydrogen (secondary N) is 1. The van der Waals surface area contributed by atoms with Crippen molar-refractivity contribution in [2.75, 3.05) is 6.61 Å². The van der Waals surface area contributed by atoms with Crippen LogP contribution in [0.5, 0.6) is 0 Å². The van der Waals surface area contributed by atoms with Gasteiger partial charge in [0.05, 0.1) is 6.61 Å². The Balaban J connectivity index is 1.99. The number of amides is 1. The minimum Gasteiger partial charge on any atom is -0.464 e. The van der Waals surface area contributed by atoms with Gasteiger partial charge in [0, 0.05) is 5.56 Å². The summed E-state index contributed by atoms with van der Waals surface area (Å²) in [5, 5.41) is 2.72. The number of ether oxygens (including phenoxy) is 1. The standard InChI is InChI=1S/C27H45NO3/c1-4-6-7-8-9-10-11-12-13-14-15-16-17-22-31-27(30)23(3)28-26(29)25-20-18-24(5-2)19-21-25/h18-21,23H,4-17,22H2,1-3H3,(H,28,29)/t23-/m0/s1. The average Bonchev–Trinajstić information content (AvgIpc) is 2.79. The van der Waals surface area contributed by atoms with E-state index in [0.29, 0.717) is 12.2 Å². The van der Waals surface area contributed by atoms with Crippen LogP contribution in [0.15, 0.2) is 24.3 Å². The van der Waals surface area contributed by atoms with E-state index in [9.17, 15) is 9.59 Å². The van der Waals surface area contributed by atoms with Crippen molar-refractivity contribution in [1.82, 2.24) is 5.32 Å². The zero-order valence-corrected chi connectivity index (χ0v) is 20.2. The van der Waals surface area contributed by atoms with E-state index in [1.54, 1.807) is 19.1 Å². The van der Waals surface area contributed by atoms with Crippen LogP contribution in [0, 0.1) is 0 Å². The zero-order chi connectivity index (χ0) is 22.7. The van der Waals surface area contributed by atoms with Crippen molar-refractivity contribution in [1.29, 1.82) is 0 Å². The molecule has 1 rings (SSSR count). The maximum atomic E-state index is 12.2. The van der Waals surface area contributed by atoms with Crippen molar-refractivity contribution in [2.24, 2.45) is 0 Å². The molecule has 0 spiro atoms. The van der Waals surface area contributed by atoms with Crippen molar-refractivity contribution in [3.8, 4) is 0 Å². The molecule has 4 nitrogen and oxygen atoms in total. The Morgan fingerprint density at radius 3 is 1.74 bits per heavy atom. The highest BCUT2D eigenvalue weighted by Gasteiger charge is 2.17. The summed E-state index contributed by atoms with van der Waals surface area (Å²) in [6.45, 7) is 6.44. The van der Waals surface area contributed by atoms with Gasteiger partial charge in [-0.1, -0.05) is 103 Å².